The smallest absolute Gasteiger partial charge is 0.346 e. The maximum Gasteiger partial charge on any atom is 0.346 e. The lowest BCUT2D eigenvalue weighted by Gasteiger charge is -2.59. The number of nitriles is 1. The van der Waals surface area contributed by atoms with E-state index < -0.39 is 23.3 Å². The van der Waals surface area contributed by atoms with Crippen LogP contribution in [0.4, 0.5) is 28.8 Å². The number of carbonyl (C=O) groups excluding carboxylic acids is 1. The van der Waals surface area contributed by atoms with E-state index in [9.17, 15) is 14.4 Å². The van der Waals surface area contributed by atoms with Crippen LogP contribution in [0.2, 0.25) is 5.02 Å². The number of amides is 1. The first-order chi connectivity index (χ1) is 28.4. The average Bonchev–Trinajstić information content (AvgIpc) is 3.57. The van der Waals surface area contributed by atoms with Crippen molar-refractivity contribution in [1.82, 2.24) is 34.5 Å². The van der Waals surface area contributed by atoms with E-state index >= 15 is 8.78 Å². The van der Waals surface area contributed by atoms with Crippen LogP contribution in [-0.2, 0) is 0 Å². The molecular weight excluding hydrogens is 801 g/mol. The Bertz CT molecular complexity index is 2570. The Morgan fingerprint density at radius 1 is 1.15 bits per heavy atom. The second-order valence-electron chi connectivity index (χ2n) is 17.6. The molecule has 5 aromatic rings. The molecule has 4 atom stereocenters. The van der Waals surface area contributed by atoms with Gasteiger partial charge in [0.25, 0.3) is 0 Å². The predicted octanol–water partition coefficient (Wildman–Crippen LogP) is 8.31. The minimum Gasteiger partial charge on any atom is -0.461 e. The third-order valence-corrected chi connectivity index (χ3v) is 14.7. The molecule has 2 aromatic carbocycles. The van der Waals surface area contributed by atoms with Crippen molar-refractivity contribution in [3.8, 4) is 23.2 Å². The first kappa shape index (κ1) is 38.5. The van der Waals surface area contributed by atoms with Crippen molar-refractivity contribution in [2.45, 2.75) is 88.9 Å². The number of nitrogens with two attached hydrogens (primary N) is 1. The van der Waals surface area contributed by atoms with Gasteiger partial charge in [0.2, 0.25) is 0 Å². The van der Waals surface area contributed by atoms with Gasteiger partial charge in [0.05, 0.1) is 20.8 Å². The Hall–Kier alpha value is -4.72. The highest BCUT2D eigenvalue weighted by atomic mass is 35.5. The van der Waals surface area contributed by atoms with E-state index in [1.165, 1.54) is 23.1 Å². The largest absolute Gasteiger partial charge is 0.461 e. The van der Waals surface area contributed by atoms with E-state index in [1.54, 1.807) is 6.07 Å². The van der Waals surface area contributed by atoms with Crippen molar-refractivity contribution >= 4 is 60.8 Å². The molecular formula is C42H44ClF3N10O2S. The van der Waals surface area contributed by atoms with Crippen molar-refractivity contribution in [2.75, 3.05) is 50.0 Å². The number of fused-ring (bicyclic) bond motifs is 3. The average molecular weight is 845 g/mol. The Balaban J connectivity index is 1.07. The zero-order valence-corrected chi connectivity index (χ0v) is 34.4. The van der Waals surface area contributed by atoms with Gasteiger partial charge in [-0.25, -0.2) is 22.9 Å². The van der Waals surface area contributed by atoms with Gasteiger partial charge in [-0.2, -0.15) is 19.9 Å². The van der Waals surface area contributed by atoms with E-state index in [0.29, 0.717) is 55.5 Å². The molecule has 59 heavy (non-hydrogen) atoms. The number of nitrogen functional groups attached to an aromatic ring is 1. The second-order valence-corrected chi connectivity index (χ2v) is 19.0. The zero-order valence-electron chi connectivity index (χ0n) is 32.9. The molecule has 1 amide bonds. The summed E-state index contributed by atoms with van der Waals surface area (Å²) in [6, 6.07) is 5.95. The van der Waals surface area contributed by atoms with Crippen molar-refractivity contribution < 1.29 is 22.7 Å². The lowest BCUT2D eigenvalue weighted by molar-refractivity contribution is -0.0649. The number of nitrogens with zero attached hydrogens (tertiary/aromatic N) is 9. The molecule has 7 heterocycles. The maximum atomic E-state index is 17.5. The zero-order chi connectivity index (χ0) is 41.0. The van der Waals surface area contributed by atoms with Gasteiger partial charge in [-0.3, -0.25) is 4.90 Å². The summed E-state index contributed by atoms with van der Waals surface area (Å²) < 4.78 is 55.3. The van der Waals surface area contributed by atoms with Crippen LogP contribution in [0.25, 0.3) is 32.1 Å². The quantitative estimate of drug-likeness (QED) is 0.170. The first-order valence-electron chi connectivity index (χ1n) is 20.5. The van der Waals surface area contributed by atoms with Crippen LogP contribution in [0, 0.1) is 34.3 Å². The lowest BCUT2D eigenvalue weighted by Crippen LogP contribution is -2.71. The standard InChI is InChI=1S/C42H44ClF3N10O2S/c1-22(2)35-41(19-55(35)40(57)56-21-49-37(52-56)23-6-7-23)10-3-4-12-53(18-41)38-26-14-28(43)31(25-8-9-29(45)34-30(25)27(16-47)36(48)59-34)32(46)33(26)50-39(51-38)58-20-42-11-5-13-54(42)17-24(44)15-42/h8-9,14,21-24,35H,3-7,10-13,15,17-20,48H2,1-2H3/t24-,35-,41-,42+/m1/s1. The van der Waals surface area contributed by atoms with Gasteiger partial charge in [0, 0.05) is 66.3 Å². The molecule has 5 fully saturated rings. The number of carbonyl (C=O) groups is 1. The molecule has 4 aliphatic heterocycles. The Morgan fingerprint density at radius 2 is 1.98 bits per heavy atom. The van der Waals surface area contributed by atoms with Crippen LogP contribution >= 0.6 is 22.9 Å². The molecule has 3 aromatic heterocycles. The molecule has 0 radical (unpaired) electrons. The summed E-state index contributed by atoms with van der Waals surface area (Å²) in [5.41, 5.74) is 5.48. The minimum atomic E-state index is -0.966. The van der Waals surface area contributed by atoms with Crippen molar-refractivity contribution in [3.63, 3.8) is 0 Å². The van der Waals surface area contributed by atoms with Crippen LogP contribution in [0.1, 0.15) is 82.5 Å². The van der Waals surface area contributed by atoms with Gasteiger partial charge in [0.15, 0.2) is 11.6 Å². The molecule has 0 unspecified atom stereocenters. The van der Waals surface area contributed by atoms with Crippen LogP contribution in [-0.4, -0.2) is 97.6 Å². The van der Waals surface area contributed by atoms with E-state index in [0.717, 1.165) is 62.8 Å². The molecule has 1 spiro atoms. The van der Waals surface area contributed by atoms with Gasteiger partial charge in [-0.05, 0) is 68.7 Å². The van der Waals surface area contributed by atoms with Crippen molar-refractivity contribution in [3.05, 3.63) is 52.6 Å². The van der Waals surface area contributed by atoms with Gasteiger partial charge in [0.1, 0.15) is 47.3 Å². The third-order valence-electron chi connectivity index (χ3n) is 13.4. The molecule has 1 aliphatic carbocycles. The van der Waals surface area contributed by atoms with Crippen molar-refractivity contribution in [2.24, 2.45) is 11.3 Å². The lowest BCUT2D eigenvalue weighted by atomic mass is 9.64. The van der Waals surface area contributed by atoms with Crippen LogP contribution in [0.5, 0.6) is 6.01 Å². The maximum absolute atomic E-state index is 17.5. The fourth-order valence-electron chi connectivity index (χ4n) is 10.8. The number of hydrogen-bond donors (Lipinski definition) is 1. The summed E-state index contributed by atoms with van der Waals surface area (Å²) in [5, 5.41) is 15.2. The van der Waals surface area contributed by atoms with Gasteiger partial charge in [-0.1, -0.05) is 37.9 Å². The third kappa shape index (κ3) is 6.20. The molecule has 5 aliphatic rings. The molecule has 4 saturated heterocycles. The molecule has 1 saturated carbocycles. The number of hydrogen-bond acceptors (Lipinski definition) is 11. The summed E-state index contributed by atoms with van der Waals surface area (Å²) in [7, 11) is 0. The Morgan fingerprint density at radius 3 is 2.76 bits per heavy atom. The summed E-state index contributed by atoms with van der Waals surface area (Å²) in [5.74, 6) is 0.226. The van der Waals surface area contributed by atoms with E-state index in [2.05, 4.69) is 44.8 Å². The number of alkyl halides is 1. The summed E-state index contributed by atoms with van der Waals surface area (Å²) >= 11 is 7.96. The monoisotopic (exact) mass is 844 g/mol. The van der Waals surface area contributed by atoms with Crippen LogP contribution in [0.3, 0.4) is 0 Å². The van der Waals surface area contributed by atoms with E-state index in [4.69, 9.17) is 27.1 Å². The minimum absolute atomic E-state index is 0.0268. The Labute approximate surface area is 348 Å². The Kier molecular flexibility index (Phi) is 9.26. The number of aromatic nitrogens is 5. The molecule has 10 rings (SSSR count). The molecule has 308 valence electrons. The number of ether oxygens (including phenoxy) is 1. The normalized spacial score (nSPS) is 25.9. The fraction of sp³-hybridized carbons (Fsp3) is 0.524. The topological polar surface area (TPSA) is 142 Å². The SMILES string of the molecule is CC(C)[C@H]1N(C(=O)n2cnc(C3CC3)n2)C[C@]12CCCCN(c1nc(OC[C@@]34CCCN3C[C@H](F)C4)nc3c(F)c(-c4ccc(F)c5sc(N)c(C#N)c45)c(Cl)cc13)C2. The van der Waals surface area contributed by atoms with Gasteiger partial charge in [-0.15, -0.1) is 16.4 Å². The van der Waals surface area contributed by atoms with Gasteiger partial charge >= 0.3 is 12.0 Å². The van der Waals surface area contributed by atoms with Crippen molar-refractivity contribution in [1.29, 1.82) is 5.26 Å². The number of benzene rings is 2. The highest BCUT2D eigenvalue weighted by molar-refractivity contribution is 7.23. The predicted molar refractivity (Wildman–Crippen MR) is 220 cm³/mol. The first-order valence-corrected chi connectivity index (χ1v) is 21.7. The molecule has 12 nitrogen and oxygen atoms in total. The van der Waals surface area contributed by atoms with E-state index in [1.807, 2.05) is 4.90 Å². The molecule has 0 bridgehead atoms. The number of likely N-dealkylation sites (tertiary alicyclic amines) is 1. The number of halogens is 4. The number of rotatable bonds is 7. The second kappa shape index (κ2) is 14.2. The number of anilines is 2. The summed E-state index contributed by atoms with van der Waals surface area (Å²) in [6.07, 6.45) is 7.27. The van der Waals surface area contributed by atoms with Crippen LogP contribution in [0.15, 0.2) is 24.5 Å². The number of thiophene rings is 1. The summed E-state index contributed by atoms with van der Waals surface area (Å²) in [6.45, 7) is 7.14. The fourth-order valence-corrected chi connectivity index (χ4v) is 12.0. The highest BCUT2D eigenvalue weighted by Crippen LogP contribution is 2.51. The molecule has 17 heteroatoms. The summed E-state index contributed by atoms with van der Waals surface area (Å²) in [4.78, 5) is 34.2. The molecule has 2 N–H and O–H groups in total. The highest BCUT2D eigenvalue weighted by Gasteiger charge is 2.57. The van der Waals surface area contributed by atoms with Crippen LogP contribution < -0.4 is 15.4 Å². The van der Waals surface area contributed by atoms with Gasteiger partial charge < -0.3 is 20.3 Å². The van der Waals surface area contributed by atoms with E-state index in [-0.39, 0.29) is 78.3 Å².